The van der Waals surface area contributed by atoms with Crippen molar-refractivity contribution in [3.05, 3.63) is 24.0 Å². The molecule has 1 N–H and O–H groups in total. The Bertz CT molecular complexity index is 387. The van der Waals surface area contributed by atoms with Crippen LogP contribution in [-0.4, -0.2) is 32.3 Å². The SMILES string of the molecule is CNc1ccc(F)cc1N1CC(C)OC(C)C1. The van der Waals surface area contributed by atoms with Gasteiger partial charge in [-0.3, -0.25) is 0 Å². The van der Waals surface area contributed by atoms with Gasteiger partial charge in [0.1, 0.15) is 5.82 Å². The van der Waals surface area contributed by atoms with E-state index in [2.05, 4.69) is 10.2 Å². The lowest BCUT2D eigenvalue weighted by atomic mass is 10.1. The number of morpholine rings is 1. The Kier molecular flexibility index (Phi) is 3.52. The molecule has 17 heavy (non-hydrogen) atoms. The van der Waals surface area contributed by atoms with Crippen molar-refractivity contribution < 1.29 is 9.13 Å². The average molecular weight is 238 g/mol. The van der Waals surface area contributed by atoms with Gasteiger partial charge in [-0.1, -0.05) is 0 Å². The minimum Gasteiger partial charge on any atom is -0.386 e. The highest BCUT2D eigenvalue weighted by Gasteiger charge is 2.24. The molecule has 1 saturated heterocycles. The second-order valence-electron chi connectivity index (χ2n) is 4.57. The van der Waals surface area contributed by atoms with Crippen LogP contribution in [0.3, 0.4) is 0 Å². The van der Waals surface area contributed by atoms with E-state index in [-0.39, 0.29) is 18.0 Å². The summed E-state index contributed by atoms with van der Waals surface area (Å²) in [4.78, 5) is 2.17. The van der Waals surface area contributed by atoms with Gasteiger partial charge in [0.05, 0.1) is 23.6 Å². The molecule has 2 rings (SSSR count). The Labute approximate surface area is 102 Å². The van der Waals surface area contributed by atoms with E-state index < -0.39 is 0 Å². The number of nitrogens with zero attached hydrogens (tertiary/aromatic N) is 1. The first kappa shape index (κ1) is 12.2. The van der Waals surface area contributed by atoms with Crippen LogP contribution < -0.4 is 10.2 Å². The van der Waals surface area contributed by atoms with Crippen molar-refractivity contribution in [3.8, 4) is 0 Å². The molecular formula is C13H19FN2O. The van der Waals surface area contributed by atoms with Gasteiger partial charge in [0.25, 0.3) is 0 Å². The van der Waals surface area contributed by atoms with E-state index in [1.807, 2.05) is 20.9 Å². The van der Waals surface area contributed by atoms with E-state index in [9.17, 15) is 4.39 Å². The van der Waals surface area contributed by atoms with E-state index in [4.69, 9.17) is 4.74 Å². The fourth-order valence-electron chi connectivity index (χ4n) is 2.35. The monoisotopic (exact) mass is 238 g/mol. The summed E-state index contributed by atoms with van der Waals surface area (Å²) in [5.74, 6) is -0.203. The van der Waals surface area contributed by atoms with Crippen LogP contribution in [-0.2, 0) is 4.74 Å². The first-order valence-electron chi connectivity index (χ1n) is 5.98. The lowest BCUT2D eigenvalue weighted by Crippen LogP contribution is -2.45. The third kappa shape index (κ3) is 2.69. The van der Waals surface area contributed by atoms with E-state index in [0.29, 0.717) is 0 Å². The van der Waals surface area contributed by atoms with Crippen LogP contribution in [0.1, 0.15) is 13.8 Å². The minimum atomic E-state index is -0.203. The molecule has 1 aliphatic rings. The van der Waals surface area contributed by atoms with Crippen molar-refractivity contribution in [3.63, 3.8) is 0 Å². The number of benzene rings is 1. The summed E-state index contributed by atoms with van der Waals surface area (Å²) in [6.07, 6.45) is 0.346. The van der Waals surface area contributed by atoms with Crippen molar-refractivity contribution >= 4 is 11.4 Å². The molecule has 2 unspecified atom stereocenters. The van der Waals surface area contributed by atoms with Crippen LogP contribution in [0.5, 0.6) is 0 Å². The van der Waals surface area contributed by atoms with Crippen molar-refractivity contribution in [1.29, 1.82) is 0 Å². The predicted molar refractivity (Wildman–Crippen MR) is 68.2 cm³/mol. The van der Waals surface area contributed by atoms with Crippen LogP contribution in [0.25, 0.3) is 0 Å². The van der Waals surface area contributed by atoms with Crippen LogP contribution >= 0.6 is 0 Å². The lowest BCUT2D eigenvalue weighted by Gasteiger charge is -2.37. The Morgan fingerprint density at radius 3 is 2.53 bits per heavy atom. The number of halogens is 1. The molecule has 0 saturated carbocycles. The molecule has 2 atom stereocenters. The normalized spacial score (nSPS) is 24.8. The van der Waals surface area contributed by atoms with Crippen LogP contribution in [0, 0.1) is 5.82 Å². The highest BCUT2D eigenvalue weighted by molar-refractivity contribution is 5.70. The van der Waals surface area contributed by atoms with Gasteiger partial charge in [0, 0.05) is 20.1 Å². The summed E-state index contributed by atoms with van der Waals surface area (Å²) < 4.78 is 19.0. The number of ether oxygens (including phenoxy) is 1. The highest BCUT2D eigenvalue weighted by atomic mass is 19.1. The lowest BCUT2D eigenvalue weighted by molar-refractivity contribution is -0.00519. The largest absolute Gasteiger partial charge is 0.386 e. The van der Waals surface area contributed by atoms with Crippen LogP contribution in [0.4, 0.5) is 15.8 Å². The van der Waals surface area contributed by atoms with Gasteiger partial charge in [-0.2, -0.15) is 0 Å². The molecule has 3 nitrogen and oxygen atoms in total. The highest BCUT2D eigenvalue weighted by Crippen LogP contribution is 2.29. The van der Waals surface area contributed by atoms with Gasteiger partial charge < -0.3 is 15.0 Å². The average Bonchev–Trinajstić information content (AvgIpc) is 2.27. The van der Waals surface area contributed by atoms with Crippen LogP contribution in [0.2, 0.25) is 0 Å². The maximum absolute atomic E-state index is 13.3. The van der Waals surface area contributed by atoms with E-state index in [1.54, 1.807) is 12.1 Å². The van der Waals surface area contributed by atoms with Gasteiger partial charge in [-0.15, -0.1) is 0 Å². The number of anilines is 2. The van der Waals surface area contributed by atoms with Crippen molar-refractivity contribution in [2.24, 2.45) is 0 Å². The summed E-state index contributed by atoms with van der Waals surface area (Å²) in [5, 5.41) is 3.10. The van der Waals surface area contributed by atoms with E-state index >= 15 is 0 Å². The van der Waals surface area contributed by atoms with Gasteiger partial charge in [0.15, 0.2) is 0 Å². The molecule has 1 fully saturated rings. The van der Waals surface area contributed by atoms with Crippen molar-refractivity contribution in [2.75, 3.05) is 30.4 Å². The molecule has 1 aromatic rings. The zero-order valence-electron chi connectivity index (χ0n) is 10.5. The molecule has 1 heterocycles. The molecule has 1 aliphatic heterocycles. The molecule has 0 amide bonds. The Morgan fingerprint density at radius 1 is 1.29 bits per heavy atom. The first-order chi connectivity index (χ1) is 8.10. The second-order valence-corrected chi connectivity index (χ2v) is 4.57. The van der Waals surface area contributed by atoms with Gasteiger partial charge in [0.2, 0.25) is 0 Å². The topological polar surface area (TPSA) is 24.5 Å². The van der Waals surface area contributed by atoms with E-state index in [1.165, 1.54) is 6.07 Å². The number of rotatable bonds is 2. The summed E-state index contributed by atoms with van der Waals surface area (Å²) in [7, 11) is 1.85. The molecule has 0 aliphatic carbocycles. The molecule has 4 heteroatoms. The zero-order valence-corrected chi connectivity index (χ0v) is 10.5. The standard InChI is InChI=1S/C13H19FN2O/c1-9-7-16(8-10(2)17-9)13-6-11(14)4-5-12(13)15-3/h4-6,9-10,15H,7-8H2,1-3H3. The van der Waals surface area contributed by atoms with Crippen molar-refractivity contribution in [1.82, 2.24) is 0 Å². The maximum atomic E-state index is 13.3. The zero-order chi connectivity index (χ0) is 12.4. The van der Waals surface area contributed by atoms with Gasteiger partial charge in [-0.25, -0.2) is 4.39 Å². The van der Waals surface area contributed by atoms with E-state index in [0.717, 1.165) is 24.5 Å². The molecule has 0 radical (unpaired) electrons. The van der Waals surface area contributed by atoms with Gasteiger partial charge >= 0.3 is 0 Å². The third-order valence-electron chi connectivity index (χ3n) is 2.99. The molecule has 1 aromatic carbocycles. The molecule has 0 aromatic heterocycles. The Hall–Kier alpha value is -1.29. The van der Waals surface area contributed by atoms with Crippen LogP contribution in [0.15, 0.2) is 18.2 Å². The predicted octanol–water partition coefficient (Wildman–Crippen LogP) is 2.48. The number of nitrogens with one attached hydrogen (secondary N) is 1. The maximum Gasteiger partial charge on any atom is 0.125 e. The van der Waals surface area contributed by atoms with Gasteiger partial charge in [-0.05, 0) is 32.0 Å². The molecule has 0 spiro atoms. The van der Waals surface area contributed by atoms with Crippen molar-refractivity contribution in [2.45, 2.75) is 26.1 Å². The molecule has 94 valence electrons. The summed E-state index contributed by atoms with van der Waals surface area (Å²) in [6, 6.07) is 4.83. The Morgan fingerprint density at radius 2 is 1.94 bits per heavy atom. The summed E-state index contributed by atoms with van der Waals surface area (Å²) in [6.45, 7) is 5.67. The fourth-order valence-corrected chi connectivity index (χ4v) is 2.35. The third-order valence-corrected chi connectivity index (χ3v) is 2.99. The number of hydrogen-bond donors (Lipinski definition) is 1. The second kappa shape index (κ2) is 4.92. The Balaban J connectivity index is 2.28. The molecular weight excluding hydrogens is 219 g/mol. The quantitative estimate of drug-likeness (QED) is 0.856. The molecule has 0 bridgehead atoms. The first-order valence-corrected chi connectivity index (χ1v) is 5.98. The summed E-state index contributed by atoms with van der Waals surface area (Å²) in [5.41, 5.74) is 1.86. The number of hydrogen-bond acceptors (Lipinski definition) is 3. The minimum absolute atomic E-state index is 0.173. The fraction of sp³-hybridized carbons (Fsp3) is 0.538. The summed E-state index contributed by atoms with van der Waals surface area (Å²) >= 11 is 0. The smallest absolute Gasteiger partial charge is 0.125 e.